The molecule has 2 amide bonds. The lowest BCUT2D eigenvalue weighted by Gasteiger charge is -2.23. The van der Waals surface area contributed by atoms with Crippen molar-refractivity contribution in [2.75, 3.05) is 20.2 Å². The smallest absolute Gasteiger partial charge is 0.294 e. The number of hydrogen-bond acceptors (Lipinski definition) is 4. The molecule has 0 bridgehead atoms. The van der Waals surface area contributed by atoms with Crippen LogP contribution in [0.4, 0.5) is 0 Å². The zero-order valence-corrected chi connectivity index (χ0v) is 13.3. The second-order valence-corrected chi connectivity index (χ2v) is 5.48. The fourth-order valence-corrected chi connectivity index (χ4v) is 2.94. The molecule has 7 nitrogen and oxygen atoms in total. The second kappa shape index (κ2) is 6.28. The van der Waals surface area contributed by atoms with E-state index in [1.165, 1.54) is 0 Å². The van der Waals surface area contributed by atoms with Crippen molar-refractivity contribution in [3.63, 3.8) is 0 Å². The number of fused-ring (bicyclic) bond motifs is 1. The number of imidazole rings is 1. The lowest BCUT2D eigenvalue weighted by atomic mass is 10.1. The van der Waals surface area contributed by atoms with Crippen molar-refractivity contribution in [3.05, 3.63) is 23.8 Å². The molecule has 0 spiro atoms. The molecule has 2 aromatic rings. The fraction of sp³-hybridized carbons (Fsp3) is 0.438. The van der Waals surface area contributed by atoms with Crippen LogP contribution in [0.2, 0.25) is 0 Å². The van der Waals surface area contributed by atoms with Crippen molar-refractivity contribution < 1.29 is 14.3 Å². The minimum absolute atomic E-state index is 0.114. The van der Waals surface area contributed by atoms with Gasteiger partial charge in [0.2, 0.25) is 5.91 Å². The van der Waals surface area contributed by atoms with Gasteiger partial charge in [0.05, 0.1) is 17.6 Å². The van der Waals surface area contributed by atoms with E-state index in [0.717, 1.165) is 17.5 Å². The number of likely N-dealkylation sites (N-methyl/N-ethyl adjacent to an activating group) is 1. The zero-order chi connectivity index (χ0) is 16.4. The lowest BCUT2D eigenvalue weighted by molar-refractivity contribution is -0.124. The number of aromatic amines is 1. The van der Waals surface area contributed by atoms with Gasteiger partial charge in [0.25, 0.3) is 11.9 Å². The van der Waals surface area contributed by atoms with Crippen LogP contribution in [0.15, 0.2) is 18.2 Å². The predicted octanol–water partition coefficient (Wildman–Crippen LogP) is 1.31. The largest absolute Gasteiger partial charge is 0.465 e. The minimum atomic E-state index is -0.385. The summed E-state index contributed by atoms with van der Waals surface area (Å²) < 4.78 is 5.34. The molecule has 1 atom stereocenters. The Kier molecular flexibility index (Phi) is 4.18. The highest BCUT2D eigenvalue weighted by Crippen LogP contribution is 2.23. The van der Waals surface area contributed by atoms with Gasteiger partial charge in [0, 0.05) is 19.2 Å². The van der Waals surface area contributed by atoms with E-state index in [4.69, 9.17) is 4.74 Å². The van der Waals surface area contributed by atoms with E-state index < -0.39 is 0 Å². The molecule has 1 fully saturated rings. The molecule has 7 heteroatoms. The first-order chi connectivity index (χ1) is 11.1. The molecule has 0 aliphatic carbocycles. The first-order valence-electron chi connectivity index (χ1n) is 7.79. The molecular formula is C16H20N4O3. The molecule has 1 aromatic carbocycles. The van der Waals surface area contributed by atoms with Crippen LogP contribution in [-0.2, 0) is 4.79 Å². The number of H-pyrrole nitrogens is 1. The predicted molar refractivity (Wildman–Crippen MR) is 85.4 cm³/mol. The molecule has 122 valence electrons. The van der Waals surface area contributed by atoms with Crippen LogP contribution in [-0.4, -0.2) is 52.9 Å². The van der Waals surface area contributed by atoms with Gasteiger partial charge < -0.3 is 19.9 Å². The van der Waals surface area contributed by atoms with Gasteiger partial charge in [-0.1, -0.05) is 0 Å². The van der Waals surface area contributed by atoms with Gasteiger partial charge in [-0.05, 0) is 38.0 Å². The maximum Gasteiger partial charge on any atom is 0.294 e. The topological polar surface area (TPSA) is 87.3 Å². The third kappa shape index (κ3) is 2.86. The maximum absolute atomic E-state index is 12.7. The fourth-order valence-electron chi connectivity index (χ4n) is 2.94. The van der Waals surface area contributed by atoms with Crippen molar-refractivity contribution in [2.45, 2.75) is 25.8 Å². The number of carbonyl (C=O) groups is 2. The Morgan fingerprint density at radius 2 is 2.30 bits per heavy atom. The lowest BCUT2D eigenvalue weighted by Crippen LogP contribution is -2.44. The van der Waals surface area contributed by atoms with Crippen LogP contribution in [0.1, 0.15) is 30.1 Å². The molecule has 1 aliphatic rings. The number of likely N-dealkylation sites (tertiary alicyclic amines) is 1. The number of nitrogens with one attached hydrogen (secondary N) is 2. The number of benzene rings is 1. The van der Waals surface area contributed by atoms with Crippen molar-refractivity contribution in [1.82, 2.24) is 20.2 Å². The van der Waals surface area contributed by atoms with Crippen LogP contribution < -0.4 is 10.1 Å². The Hall–Kier alpha value is -2.57. The molecule has 1 aromatic heterocycles. The molecule has 3 rings (SSSR count). The minimum Gasteiger partial charge on any atom is -0.465 e. The van der Waals surface area contributed by atoms with E-state index in [9.17, 15) is 9.59 Å². The van der Waals surface area contributed by atoms with Gasteiger partial charge in [0.15, 0.2) is 0 Å². The Balaban J connectivity index is 1.86. The Morgan fingerprint density at radius 1 is 1.48 bits per heavy atom. The summed E-state index contributed by atoms with van der Waals surface area (Å²) in [5.41, 5.74) is 2.03. The highest BCUT2D eigenvalue weighted by Gasteiger charge is 2.34. The molecule has 2 heterocycles. The van der Waals surface area contributed by atoms with Gasteiger partial charge in [0.1, 0.15) is 6.04 Å². The maximum atomic E-state index is 12.7. The van der Waals surface area contributed by atoms with E-state index in [1.54, 1.807) is 30.1 Å². The summed E-state index contributed by atoms with van der Waals surface area (Å²) in [4.78, 5) is 33.6. The monoisotopic (exact) mass is 316 g/mol. The van der Waals surface area contributed by atoms with Crippen LogP contribution in [0, 0.1) is 0 Å². The van der Waals surface area contributed by atoms with Crippen LogP contribution >= 0.6 is 0 Å². The van der Waals surface area contributed by atoms with Crippen molar-refractivity contribution in [1.29, 1.82) is 0 Å². The summed E-state index contributed by atoms with van der Waals surface area (Å²) in [7, 11) is 1.59. The van der Waals surface area contributed by atoms with E-state index in [1.807, 2.05) is 6.92 Å². The Morgan fingerprint density at radius 3 is 3.04 bits per heavy atom. The molecule has 0 saturated carbocycles. The molecule has 0 radical (unpaired) electrons. The van der Waals surface area contributed by atoms with Crippen LogP contribution in [0.3, 0.4) is 0 Å². The molecule has 2 N–H and O–H groups in total. The number of nitrogens with zero attached hydrogens (tertiary/aromatic N) is 2. The summed E-state index contributed by atoms with van der Waals surface area (Å²) in [5, 5.41) is 2.62. The summed E-state index contributed by atoms with van der Waals surface area (Å²) in [6.45, 7) is 3.00. The van der Waals surface area contributed by atoms with E-state index in [0.29, 0.717) is 31.1 Å². The first kappa shape index (κ1) is 15.3. The normalized spacial score (nSPS) is 17.5. The number of hydrogen-bond donors (Lipinski definition) is 2. The molecule has 1 aliphatic heterocycles. The Bertz CT molecular complexity index is 740. The highest BCUT2D eigenvalue weighted by atomic mass is 16.5. The van der Waals surface area contributed by atoms with E-state index >= 15 is 0 Å². The SMILES string of the molecule is CCOc1nc2ccc(C(=O)N3CCC[C@@H]3C(=O)NC)cc2[nH]1. The zero-order valence-electron chi connectivity index (χ0n) is 13.3. The number of ether oxygens (including phenoxy) is 1. The number of carbonyl (C=O) groups excluding carboxylic acids is 2. The average Bonchev–Trinajstić information content (AvgIpc) is 3.19. The first-order valence-corrected chi connectivity index (χ1v) is 7.79. The summed E-state index contributed by atoms with van der Waals surface area (Å²) in [5.74, 6) is -0.248. The van der Waals surface area contributed by atoms with Gasteiger partial charge in [-0.25, -0.2) is 0 Å². The van der Waals surface area contributed by atoms with Crippen molar-refractivity contribution >= 4 is 22.8 Å². The number of rotatable bonds is 4. The molecule has 0 unspecified atom stereocenters. The highest BCUT2D eigenvalue weighted by molar-refractivity contribution is 6.00. The summed E-state index contributed by atoms with van der Waals surface area (Å²) in [6, 6.07) is 5.33. The van der Waals surface area contributed by atoms with Gasteiger partial charge in [-0.3, -0.25) is 9.59 Å². The average molecular weight is 316 g/mol. The van der Waals surface area contributed by atoms with Gasteiger partial charge in [-0.2, -0.15) is 4.98 Å². The Labute approximate surface area is 134 Å². The number of aromatic nitrogens is 2. The standard InChI is InChI=1S/C16H20N4O3/c1-3-23-16-18-11-7-6-10(9-12(11)19-16)15(22)20-8-4-5-13(20)14(21)17-2/h6-7,9,13H,3-5,8H2,1-2H3,(H,17,21)(H,18,19)/t13-/m1/s1. The molecule has 23 heavy (non-hydrogen) atoms. The van der Waals surface area contributed by atoms with E-state index in [-0.39, 0.29) is 17.9 Å². The van der Waals surface area contributed by atoms with Crippen LogP contribution in [0.25, 0.3) is 11.0 Å². The van der Waals surface area contributed by atoms with Gasteiger partial charge >= 0.3 is 0 Å². The molecule has 1 saturated heterocycles. The van der Waals surface area contributed by atoms with Crippen LogP contribution in [0.5, 0.6) is 6.01 Å². The summed E-state index contributed by atoms with van der Waals surface area (Å²) in [6.07, 6.45) is 1.54. The van der Waals surface area contributed by atoms with Gasteiger partial charge in [-0.15, -0.1) is 0 Å². The third-order valence-corrected chi connectivity index (χ3v) is 4.05. The summed E-state index contributed by atoms with van der Waals surface area (Å²) >= 11 is 0. The van der Waals surface area contributed by atoms with Crippen molar-refractivity contribution in [2.24, 2.45) is 0 Å². The second-order valence-electron chi connectivity index (χ2n) is 5.48. The number of amides is 2. The van der Waals surface area contributed by atoms with Crippen molar-refractivity contribution in [3.8, 4) is 6.01 Å². The third-order valence-electron chi connectivity index (χ3n) is 4.05. The van der Waals surface area contributed by atoms with E-state index in [2.05, 4.69) is 15.3 Å². The molecular weight excluding hydrogens is 296 g/mol. The quantitative estimate of drug-likeness (QED) is 0.890.